The number of aromatic hydroxyl groups is 1. The number of rotatable bonds is 11. The molecule has 0 radical (unpaired) electrons. The van der Waals surface area contributed by atoms with E-state index < -0.39 is 17.5 Å². The Morgan fingerprint density at radius 2 is 1.41 bits per heavy atom. The van der Waals surface area contributed by atoms with E-state index in [0.717, 1.165) is 34.8 Å². The largest absolute Gasteiger partial charge is 0.505 e. The van der Waals surface area contributed by atoms with Gasteiger partial charge in [-0.3, -0.25) is 9.59 Å². The third-order valence-electron chi connectivity index (χ3n) is 5.41. The minimum absolute atomic E-state index is 0.112. The highest BCUT2D eigenvalue weighted by Crippen LogP contribution is 2.25. The lowest BCUT2D eigenvalue weighted by Crippen LogP contribution is -2.15. The van der Waals surface area contributed by atoms with Crippen LogP contribution in [0.1, 0.15) is 39.5 Å². The number of amides is 2. The number of unbranched alkanes of at least 4 members (excludes halogenated alkanes) is 1. The van der Waals surface area contributed by atoms with E-state index >= 15 is 0 Å². The van der Waals surface area contributed by atoms with Crippen LogP contribution in [0.2, 0.25) is 0 Å². The predicted octanol–water partition coefficient (Wildman–Crippen LogP) is 4.47. The zero-order chi connectivity index (χ0) is 26.2. The molecule has 4 aromatic rings. The van der Waals surface area contributed by atoms with Gasteiger partial charge in [0.25, 0.3) is 0 Å². The Balaban J connectivity index is 1.17. The van der Waals surface area contributed by atoms with Crippen molar-refractivity contribution in [2.24, 2.45) is 0 Å². The van der Waals surface area contributed by atoms with E-state index in [1.54, 1.807) is 13.0 Å². The standard InChI is InChI=1S/C25H25FN6O3S2/c1-15-11-12-17(22(26)23(15)35)14-19(34)28-25-32-30-21(37-25)10-6-5-9-20-29-31-24(36-20)27-18(33)13-16-7-3-2-4-8-16/h2-4,7-8,11-12,35H,5-6,9-10,13-14H2,1H3,(H,27,31,33)(H,28,32,34). The molecule has 0 aliphatic carbocycles. The Kier molecular flexibility index (Phi) is 8.86. The molecule has 9 nitrogen and oxygen atoms in total. The third kappa shape index (κ3) is 7.61. The number of phenolic OH excluding ortho intramolecular Hbond substituents is 1. The van der Waals surface area contributed by atoms with Crippen LogP contribution in [0.5, 0.6) is 5.75 Å². The van der Waals surface area contributed by atoms with Crippen molar-refractivity contribution in [3.63, 3.8) is 0 Å². The van der Waals surface area contributed by atoms with Gasteiger partial charge < -0.3 is 15.7 Å². The van der Waals surface area contributed by atoms with Gasteiger partial charge in [0, 0.05) is 18.4 Å². The Morgan fingerprint density at radius 1 is 0.838 bits per heavy atom. The van der Waals surface area contributed by atoms with Gasteiger partial charge >= 0.3 is 0 Å². The van der Waals surface area contributed by atoms with E-state index in [1.807, 2.05) is 30.3 Å². The van der Waals surface area contributed by atoms with Gasteiger partial charge in [0.2, 0.25) is 22.1 Å². The zero-order valence-corrected chi connectivity index (χ0v) is 21.7. The molecule has 0 spiro atoms. The molecule has 2 aromatic heterocycles. The van der Waals surface area contributed by atoms with Crippen molar-refractivity contribution in [2.75, 3.05) is 10.6 Å². The Labute approximate surface area is 220 Å². The van der Waals surface area contributed by atoms with Gasteiger partial charge in [0.05, 0.1) is 12.8 Å². The van der Waals surface area contributed by atoms with Crippen molar-refractivity contribution in [1.29, 1.82) is 0 Å². The van der Waals surface area contributed by atoms with Crippen LogP contribution in [-0.2, 0) is 35.3 Å². The van der Waals surface area contributed by atoms with E-state index in [0.29, 0.717) is 22.2 Å². The first-order valence-corrected chi connectivity index (χ1v) is 13.3. The molecule has 0 saturated carbocycles. The molecule has 0 unspecified atom stereocenters. The van der Waals surface area contributed by atoms with E-state index in [4.69, 9.17) is 0 Å². The number of aromatic nitrogens is 4. The van der Waals surface area contributed by atoms with Gasteiger partial charge in [-0.15, -0.1) is 20.4 Å². The summed E-state index contributed by atoms with van der Waals surface area (Å²) in [6.07, 6.45) is 3.17. The lowest BCUT2D eigenvalue weighted by atomic mass is 10.1. The Hall–Kier alpha value is -3.77. The van der Waals surface area contributed by atoms with Crippen LogP contribution in [0.4, 0.5) is 14.7 Å². The molecule has 0 atom stereocenters. The van der Waals surface area contributed by atoms with Gasteiger partial charge in [0.15, 0.2) is 11.6 Å². The summed E-state index contributed by atoms with van der Waals surface area (Å²) in [5, 5.41) is 33.9. The Morgan fingerprint density at radius 3 is 2.00 bits per heavy atom. The van der Waals surface area contributed by atoms with E-state index in [9.17, 15) is 19.1 Å². The topological polar surface area (TPSA) is 130 Å². The highest BCUT2D eigenvalue weighted by molar-refractivity contribution is 7.15. The molecule has 0 aliphatic heterocycles. The molecule has 0 bridgehead atoms. The molecule has 192 valence electrons. The lowest BCUT2D eigenvalue weighted by molar-refractivity contribution is -0.116. The molecule has 37 heavy (non-hydrogen) atoms. The fourth-order valence-electron chi connectivity index (χ4n) is 3.48. The summed E-state index contributed by atoms with van der Waals surface area (Å²) in [7, 11) is 0. The highest BCUT2D eigenvalue weighted by Gasteiger charge is 2.15. The molecular formula is C25H25FN6O3S2. The SMILES string of the molecule is Cc1ccc(CC(=O)Nc2nnc(CCCCc3nnc(NC(=O)Cc4ccccc4)s3)s2)c(F)c1O. The summed E-state index contributed by atoms with van der Waals surface area (Å²) >= 11 is 2.63. The number of halogens is 1. The number of hydrogen-bond donors (Lipinski definition) is 3. The quantitative estimate of drug-likeness (QED) is 0.239. The average molecular weight is 541 g/mol. The molecule has 3 N–H and O–H groups in total. The van der Waals surface area contributed by atoms with E-state index in [-0.39, 0.29) is 24.3 Å². The minimum Gasteiger partial charge on any atom is -0.505 e. The summed E-state index contributed by atoms with van der Waals surface area (Å²) in [5.74, 6) is -1.80. The van der Waals surface area contributed by atoms with Crippen molar-refractivity contribution in [2.45, 2.75) is 45.4 Å². The molecule has 0 aliphatic rings. The number of carbonyl (C=O) groups is 2. The number of benzene rings is 2. The molecule has 12 heteroatoms. The minimum atomic E-state index is -0.787. The average Bonchev–Trinajstić information content (AvgIpc) is 3.52. The zero-order valence-electron chi connectivity index (χ0n) is 20.0. The molecule has 4 rings (SSSR count). The second-order valence-electron chi connectivity index (χ2n) is 8.35. The second-order valence-corrected chi connectivity index (χ2v) is 10.5. The van der Waals surface area contributed by atoms with E-state index in [1.165, 1.54) is 28.7 Å². The van der Waals surface area contributed by atoms with Gasteiger partial charge in [-0.2, -0.15) is 0 Å². The number of carbonyl (C=O) groups excluding carboxylic acids is 2. The second kappa shape index (κ2) is 12.5. The molecular weight excluding hydrogens is 515 g/mol. The first-order chi connectivity index (χ1) is 17.9. The number of hydrogen-bond acceptors (Lipinski definition) is 9. The Bertz CT molecular complexity index is 1380. The van der Waals surface area contributed by atoms with E-state index in [2.05, 4.69) is 31.0 Å². The van der Waals surface area contributed by atoms with Gasteiger partial charge in [-0.25, -0.2) is 4.39 Å². The summed E-state index contributed by atoms with van der Waals surface area (Å²) in [6, 6.07) is 12.5. The molecule has 0 saturated heterocycles. The van der Waals surface area contributed by atoms with Crippen molar-refractivity contribution in [3.8, 4) is 5.75 Å². The van der Waals surface area contributed by atoms with Gasteiger partial charge in [-0.1, -0.05) is 65.1 Å². The number of nitrogens with zero attached hydrogens (tertiary/aromatic N) is 4. The van der Waals surface area contributed by atoms with Crippen LogP contribution in [0.25, 0.3) is 0 Å². The number of nitrogens with one attached hydrogen (secondary N) is 2. The molecule has 2 heterocycles. The molecule has 2 aromatic carbocycles. The van der Waals surface area contributed by atoms with Gasteiger partial charge in [-0.05, 0) is 30.9 Å². The predicted molar refractivity (Wildman–Crippen MR) is 140 cm³/mol. The van der Waals surface area contributed by atoms with Crippen LogP contribution in [0.3, 0.4) is 0 Å². The summed E-state index contributed by atoms with van der Waals surface area (Å²) < 4.78 is 14.1. The lowest BCUT2D eigenvalue weighted by Gasteiger charge is -2.06. The monoisotopic (exact) mass is 540 g/mol. The fraction of sp³-hybridized carbons (Fsp3) is 0.280. The van der Waals surface area contributed by atoms with Crippen LogP contribution in [0.15, 0.2) is 42.5 Å². The highest BCUT2D eigenvalue weighted by atomic mass is 32.1. The summed E-state index contributed by atoms with van der Waals surface area (Å²) in [5.41, 5.74) is 1.46. The maximum Gasteiger partial charge on any atom is 0.230 e. The fourth-order valence-corrected chi connectivity index (χ4v) is 5.08. The number of phenols is 1. The maximum absolute atomic E-state index is 14.1. The van der Waals surface area contributed by atoms with Crippen molar-refractivity contribution < 1.29 is 19.1 Å². The van der Waals surface area contributed by atoms with Crippen molar-refractivity contribution in [3.05, 3.63) is 75.0 Å². The summed E-state index contributed by atoms with van der Waals surface area (Å²) in [6.45, 7) is 1.59. The normalized spacial score (nSPS) is 10.9. The smallest absolute Gasteiger partial charge is 0.230 e. The van der Waals surface area contributed by atoms with Crippen LogP contribution >= 0.6 is 22.7 Å². The van der Waals surface area contributed by atoms with Crippen LogP contribution in [-0.4, -0.2) is 37.3 Å². The maximum atomic E-state index is 14.1. The first-order valence-electron chi connectivity index (χ1n) is 11.6. The molecule has 0 fully saturated rings. The third-order valence-corrected chi connectivity index (χ3v) is 7.21. The molecule has 2 amide bonds. The number of anilines is 2. The van der Waals surface area contributed by atoms with Crippen LogP contribution < -0.4 is 10.6 Å². The van der Waals surface area contributed by atoms with Crippen molar-refractivity contribution in [1.82, 2.24) is 20.4 Å². The van der Waals surface area contributed by atoms with Crippen LogP contribution in [0, 0.1) is 12.7 Å². The number of aryl methyl sites for hydroxylation is 3. The summed E-state index contributed by atoms with van der Waals surface area (Å²) in [4.78, 5) is 24.4. The van der Waals surface area contributed by atoms with Gasteiger partial charge in [0.1, 0.15) is 10.0 Å². The van der Waals surface area contributed by atoms with Crippen molar-refractivity contribution >= 4 is 44.8 Å². The first kappa shape index (κ1) is 26.3.